The van der Waals surface area contributed by atoms with Gasteiger partial charge in [-0.3, -0.25) is 4.79 Å². The Morgan fingerprint density at radius 1 is 1.44 bits per heavy atom. The van der Waals surface area contributed by atoms with Gasteiger partial charge < -0.3 is 15.8 Å². The second-order valence-corrected chi connectivity index (χ2v) is 3.65. The first-order chi connectivity index (χ1) is 8.65. The van der Waals surface area contributed by atoms with E-state index in [2.05, 4.69) is 10.4 Å². The molecule has 0 aliphatic rings. The summed E-state index contributed by atoms with van der Waals surface area (Å²) >= 11 is 0. The monoisotopic (exact) mass is 246 g/mol. The third kappa shape index (κ3) is 2.13. The van der Waals surface area contributed by atoms with Crippen molar-refractivity contribution < 1.29 is 9.53 Å². The van der Waals surface area contributed by atoms with E-state index < -0.39 is 0 Å². The molecule has 0 unspecified atom stereocenters. The van der Waals surface area contributed by atoms with Gasteiger partial charge in [0, 0.05) is 19.3 Å². The summed E-state index contributed by atoms with van der Waals surface area (Å²) in [5.41, 5.74) is 7.44. The summed E-state index contributed by atoms with van der Waals surface area (Å²) < 4.78 is 6.67. The van der Waals surface area contributed by atoms with Crippen LogP contribution in [0, 0.1) is 0 Å². The fourth-order valence-electron chi connectivity index (χ4n) is 1.56. The standard InChI is InChI=1S/C12H14N4O2/c1-14-12(17)10-5-6-16(15-10)11-7-8(18-2)3-4-9(11)13/h3-7H,13H2,1-2H3,(H,14,17). The molecule has 0 saturated heterocycles. The predicted molar refractivity (Wildman–Crippen MR) is 67.9 cm³/mol. The molecule has 1 heterocycles. The number of rotatable bonds is 3. The number of nitrogens with two attached hydrogens (primary N) is 1. The largest absolute Gasteiger partial charge is 0.497 e. The van der Waals surface area contributed by atoms with Crippen LogP contribution in [0.2, 0.25) is 0 Å². The van der Waals surface area contributed by atoms with Gasteiger partial charge in [0.05, 0.1) is 18.5 Å². The Kier molecular flexibility index (Phi) is 3.18. The number of methoxy groups -OCH3 is 1. The van der Waals surface area contributed by atoms with E-state index in [0.29, 0.717) is 22.8 Å². The fourth-order valence-corrected chi connectivity index (χ4v) is 1.56. The summed E-state index contributed by atoms with van der Waals surface area (Å²) in [6.07, 6.45) is 1.68. The van der Waals surface area contributed by atoms with Gasteiger partial charge in [0.15, 0.2) is 5.69 Å². The Morgan fingerprint density at radius 2 is 2.22 bits per heavy atom. The maximum Gasteiger partial charge on any atom is 0.271 e. The number of aromatic nitrogens is 2. The highest BCUT2D eigenvalue weighted by Crippen LogP contribution is 2.22. The molecular formula is C12H14N4O2. The normalized spacial score (nSPS) is 10.1. The van der Waals surface area contributed by atoms with Crippen LogP contribution in [-0.2, 0) is 0 Å². The van der Waals surface area contributed by atoms with Crippen LogP contribution in [0.3, 0.4) is 0 Å². The summed E-state index contributed by atoms with van der Waals surface area (Å²) in [4.78, 5) is 11.4. The van der Waals surface area contributed by atoms with E-state index in [1.165, 1.54) is 0 Å². The molecule has 2 rings (SSSR count). The lowest BCUT2D eigenvalue weighted by Gasteiger charge is -2.07. The van der Waals surface area contributed by atoms with Crippen LogP contribution in [0.15, 0.2) is 30.5 Å². The Bertz CT molecular complexity index is 577. The summed E-state index contributed by atoms with van der Waals surface area (Å²) in [6, 6.07) is 6.88. The van der Waals surface area contributed by atoms with E-state index >= 15 is 0 Å². The van der Waals surface area contributed by atoms with E-state index in [1.54, 1.807) is 49.3 Å². The number of hydrogen-bond donors (Lipinski definition) is 2. The number of nitrogens with zero attached hydrogens (tertiary/aromatic N) is 2. The Balaban J connectivity index is 2.42. The second-order valence-electron chi connectivity index (χ2n) is 3.65. The summed E-state index contributed by atoms with van der Waals surface area (Å²) in [5, 5.41) is 6.67. The topological polar surface area (TPSA) is 82.2 Å². The third-order valence-corrected chi connectivity index (χ3v) is 2.53. The van der Waals surface area contributed by atoms with Crippen molar-refractivity contribution in [3.63, 3.8) is 0 Å². The minimum atomic E-state index is -0.241. The smallest absolute Gasteiger partial charge is 0.271 e. The lowest BCUT2D eigenvalue weighted by atomic mass is 10.2. The maximum absolute atomic E-state index is 11.4. The van der Waals surface area contributed by atoms with E-state index in [9.17, 15) is 4.79 Å². The van der Waals surface area contributed by atoms with Gasteiger partial charge in [-0.25, -0.2) is 4.68 Å². The van der Waals surface area contributed by atoms with Crippen molar-refractivity contribution in [2.24, 2.45) is 0 Å². The van der Waals surface area contributed by atoms with E-state index in [0.717, 1.165) is 0 Å². The number of anilines is 1. The molecule has 0 spiro atoms. The van der Waals surface area contributed by atoms with Crippen LogP contribution in [0.5, 0.6) is 5.75 Å². The minimum absolute atomic E-state index is 0.241. The third-order valence-electron chi connectivity index (χ3n) is 2.53. The van der Waals surface area contributed by atoms with Crippen molar-refractivity contribution in [2.45, 2.75) is 0 Å². The number of nitrogens with one attached hydrogen (secondary N) is 1. The number of carbonyl (C=O) groups excluding carboxylic acids is 1. The van der Waals surface area contributed by atoms with Crippen molar-refractivity contribution in [2.75, 3.05) is 19.9 Å². The Morgan fingerprint density at radius 3 is 2.89 bits per heavy atom. The highest BCUT2D eigenvalue weighted by molar-refractivity contribution is 5.91. The first kappa shape index (κ1) is 12.0. The van der Waals surface area contributed by atoms with E-state index in [4.69, 9.17) is 10.5 Å². The zero-order chi connectivity index (χ0) is 13.1. The van der Waals surface area contributed by atoms with Crippen LogP contribution in [0.1, 0.15) is 10.5 Å². The molecule has 3 N–H and O–H groups in total. The molecule has 1 aromatic heterocycles. The number of hydrogen-bond acceptors (Lipinski definition) is 4. The average molecular weight is 246 g/mol. The van der Waals surface area contributed by atoms with Crippen LogP contribution in [-0.4, -0.2) is 29.8 Å². The molecule has 0 radical (unpaired) electrons. The van der Waals surface area contributed by atoms with Gasteiger partial charge in [0.1, 0.15) is 5.75 Å². The molecule has 6 heteroatoms. The molecule has 2 aromatic rings. The van der Waals surface area contributed by atoms with Crippen molar-refractivity contribution in [1.29, 1.82) is 0 Å². The summed E-state index contributed by atoms with van der Waals surface area (Å²) in [5.74, 6) is 0.436. The first-order valence-corrected chi connectivity index (χ1v) is 5.37. The van der Waals surface area contributed by atoms with E-state index in [-0.39, 0.29) is 5.91 Å². The van der Waals surface area contributed by atoms with Crippen molar-refractivity contribution >= 4 is 11.6 Å². The van der Waals surface area contributed by atoms with Crippen molar-refractivity contribution in [1.82, 2.24) is 15.1 Å². The Labute approximate surface area is 104 Å². The van der Waals surface area contributed by atoms with Crippen LogP contribution >= 0.6 is 0 Å². The number of ether oxygens (including phenoxy) is 1. The molecule has 1 amide bonds. The van der Waals surface area contributed by atoms with Crippen molar-refractivity contribution in [3.05, 3.63) is 36.2 Å². The van der Waals surface area contributed by atoms with Gasteiger partial charge in [-0.05, 0) is 18.2 Å². The van der Waals surface area contributed by atoms with E-state index in [1.807, 2.05) is 0 Å². The molecule has 0 atom stereocenters. The average Bonchev–Trinajstić information content (AvgIpc) is 2.88. The molecular weight excluding hydrogens is 232 g/mol. The highest BCUT2D eigenvalue weighted by Gasteiger charge is 2.10. The van der Waals surface area contributed by atoms with Gasteiger partial charge in [0.2, 0.25) is 0 Å². The summed E-state index contributed by atoms with van der Waals surface area (Å²) in [7, 11) is 3.13. The molecule has 94 valence electrons. The summed E-state index contributed by atoms with van der Waals surface area (Å²) in [6.45, 7) is 0. The lowest BCUT2D eigenvalue weighted by molar-refractivity contribution is 0.0957. The second kappa shape index (κ2) is 4.79. The fraction of sp³-hybridized carbons (Fsp3) is 0.167. The molecule has 0 saturated carbocycles. The molecule has 0 aliphatic carbocycles. The first-order valence-electron chi connectivity index (χ1n) is 5.37. The minimum Gasteiger partial charge on any atom is -0.497 e. The number of carbonyl (C=O) groups is 1. The van der Waals surface area contributed by atoms with Gasteiger partial charge in [-0.2, -0.15) is 5.10 Å². The van der Waals surface area contributed by atoms with Gasteiger partial charge in [-0.15, -0.1) is 0 Å². The highest BCUT2D eigenvalue weighted by atomic mass is 16.5. The van der Waals surface area contributed by atoms with Crippen LogP contribution in [0.25, 0.3) is 5.69 Å². The molecule has 0 fully saturated rings. The number of amides is 1. The molecule has 0 aliphatic heterocycles. The molecule has 18 heavy (non-hydrogen) atoms. The van der Waals surface area contributed by atoms with Crippen LogP contribution < -0.4 is 15.8 Å². The predicted octanol–water partition coefficient (Wildman–Crippen LogP) is 0.823. The quantitative estimate of drug-likeness (QED) is 0.786. The number of benzene rings is 1. The zero-order valence-corrected chi connectivity index (χ0v) is 10.2. The molecule has 0 bridgehead atoms. The van der Waals surface area contributed by atoms with Gasteiger partial charge >= 0.3 is 0 Å². The maximum atomic E-state index is 11.4. The molecule has 6 nitrogen and oxygen atoms in total. The van der Waals surface area contributed by atoms with Crippen LogP contribution in [0.4, 0.5) is 5.69 Å². The van der Waals surface area contributed by atoms with Gasteiger partial charge in [-0.1, -0.05) is 0 Å². The molecule has 1 aromatic carbocycles. The Hall–Kier alpha value is -2.50. The van der Waals surface area contributed by atoms with Crippen molar-refractivity contribution in [3.8, 4) is 11.4 Å². The lowest BCUT2D eigenvalue weighted by Crippen LogP contribution is -2.18. The van der Waals surface area contributed by atoms with Gasteiger partial charge in [0.25, 0.3) is 5.91 Å². The zero-order valence-electron chi connectivity index (χ0n) is 10.2. The number of nitrogen functional groups attached to an aromatic ring is 1. The SMILES string of the molecule is CNC(=O)c1ccn(-c2cc(OC)ccc2N)n1.